The highest BCUT2D eigenvalue weighted by Gasteiger charge is 1.98. The minimum absolute atomic E-state index is 0.221. The van der Waals surface area contributed by atoms with E-state index in [4.69, 9.17) is 0 Å². The number of nitrogens with zero attached hydrogens (tertiary/aromatic N) is 1. The third-order valence-corrected chi connectivity index (χ3v) is 2.05. The highest BCUT2D eigenvalue weighted by atomic mass is 19.1. The number of aryl methyl sites for hydroxylation is 1. The molecular formula is C12H10FN. The Labute approximate surface area is 82.2 Å². The molecule has 0 radical (unpaired) electrons. The third-order valence-electron chi connectivity index (χ3n) is 2.05. The van der Waals surface area contributed by atoms with Gasteiger partial charge in [0.2, 0.25) is 0 Å². The summed E-state index contributed by atoms with van der Waals surface area (Å²) in [6, 6.07) is 10.3. The third kappa shape index (κ3) is 1.79. The van der Waals surface area contributed by atoms with Gasteiger partial charge in [0.05, 0.1) is 5.69 Å². The zero-order valence-electron chi connectivity index (χ0n) is 7.87. The van der Waals surface area contributed by atoms with E-state index in [2.05, 4.69) is 4.98 Å². The van der Waals surface area contributed by atoms with Crippen molar-refractivity contribution in [3.8, 4) is 11.3 Å². The molecule has 0 saturated heterocycles. The molecule has 2 heteroatoms. The van der Waals surface area contributed by atoms with Crippen LogP contribution in [0.5, 0.6) is 0 Å². The second kappa shape index (κ2) is 3.58. The molecule has 1 heterocycles. The van der Waals surface area contributed by atoms with Gasteiger partial charge in [-0.15, -0.1) is 0 Å². The number of benzene rings is 1. The lowest BCUT2D eigenvalue weighted by Crippen LogP contribution is -1.84. The van der Waals surface area contributed by atoms with Gasteiger partial charge in [0.15, 0.2) is 0 Å². The first-order valence-corrected chi connectivity index (χ1v) is 4.44. The normalized spacial score (nSPS) is 10.1. The van der Waals surface area contributed by atoms with Crippen LogP contribution in [0.2, 0.25) is 0 Å². The van der Waals surface area contributed by atoms with Crippen LogP contribution >= 0.6 is 0 Å². The quantitative estimate of drug-likeness (QED) is 0.668. The molecular weight excluding hydrogens is 177 g/mol. The summed E-state index contributed by atoms with van der Waals surface area (Å²) in [6.45, 7) is 1.99. The smallest absolute Gasteiger partial charge is 0.123 e. The lowest BCUT2D eigenvalue weighted by molar-refractivity contribution is 0.628. The standard InChI is InChI=1S/C12H10FN/c1-9-2-7-12(14-8-9)10-3-5-11(13)6-4-10/h2-8H,1H3. The highest BCUT2D eigenvalue weighted by Crippen LogP contribution is 2.16. The van der Waals surface area contributed by atoms with Crippen molar-refractivity contribution >= 4 is 0 Å². The Balaban J connectivity index is 2.40. The van der Waals surface area contributed by atoms with E-state index in [1.807, 2.05) is 19.1 Å². The summed E-state index contributed by atoms with van der Waals surface area (Å²) >= 11 is 0. The minimum Gasteiger partial charge on any atom is -0.256 e. The van der Waals surface area contributed by atoms with Crippen LogP contribution in [0.15, 0.2) is 42.6 Å². The van der Waals surface area contributed by atoms with E-state index in [0.29, 0.717) is 0 Å². The van der Waals surface area contributed by atoms with Crippen LogP contribution in [0.1, 0.15) is 5.56 Å². The number of hydrogen-bond donors (Lipinski definition) is 0. The first-order valence-electron chi connectivity index (χ1n) is 4.44. The topological polar surface area (TPSA) is 12.9 Å². The van der Waals surface area contributed by atoms with Crippen LogP contribution in [0.4, 0.5) is 4.39 Å². The molecule has 0 bridgehead atoms. The van der Waals surface area contributed by atoms with Gasteiger partial charge in [-0.25, -0.2) is 4.39 Å². The second-order valence-electron chi connectivity index (χ2n) is 3.23. The van der Waals surface area contributed by atoms with Gasteiger partial charge in [-0.3, -0.25) is 4.98 Å². The minimum atomic E-state index is -0.221. The van der Waals surface area contributed by atoms with Crippen LogP contribution in [0, 0.1) is 12.7 Å². The number of aromatic nitrogens is 1. The highest BCUT2D eigenvalue weighted by molar-refractivity contribution is 5.58. The van der Waals surface area contributed by atoms with Crippen molar-refractivity contribution < 1.29 is 4.39 Å². The van der Waals surface area contributed by atoms with Gasteiger partial charge >= 0.3 is 0 Å². The summed E-state index contributed by atoms with van der Waals surface area (Å²) in [5.74, 6) is -0.221. The van der Waals surface area contributed by atoms with Crippen molar-refractivity contribution in [1.82, 2.24) is 4.98 Å². The number of hydrogen-bond acceptors (Lipinski definition) is 1. The lowest BCUT2D eigenvalue weighted by atomic mass is 10.1. The zero-order chi connectivity index (χ0) is 9.97. The van der Waals surface area contributed by atoms with Gasteiger partial charge in [0.1, 0.15) is 5.82 Å². The summed E-state index contributed by atoms with van der Waals surface area (Å²) in [5, 5.41) is 0. The molecule has 2 rings (SSSR count). The summed E-state index contributed by atoms with van der Waals surface area (Å²) in [5.41, 5.74) is 2.93. The lowest BCUT2D eigenvalue weighted by Gasteiger charge is -2.00. The van der Waals surface area contributed by atoms with Crippen molar-refractivity contribution in [1.29, 1.82) is 0 Å². The van der Waals surface area contributed by atoms with E-state index in [9.17, 15) is 4.39 Å². The molecule has 1 aromatic heterocycles. The molecule has 1 nitrogen and oxygen atoms in total. The van der Waals surface area contributed by atoms with E-state index in [1.54, 1.807) is 18.3 Å². The Morgan fingerprint density at radius 1 is 1.00 bits per heavy atom. The molecule has 0 unspecified atom stereocenters. The maximum Gasteiger partial charge on any atom is 0.123 e. The molecule has 0 aliphatic carbocycles. The van der Waals surface area contributed by atoms with Crippen LogP contribution in [0.3, 0.4) is 0 Å². The number of rotatable bonds is 1. The van der Waals surface area contributed by atoms with E-state index < -0.39 is 0 Å². The van der Waals surface area contributed by atoms with Crippen LogP contribution in [-0.4, -0.2) is 4.98 Å². The van der Waals surface area contributed by atoms with Crippen LogP contribution in [0.25, 0.3) is 11.3 Å². The molecule has 0 aliphatic heterocycles. The number of pyridine rings is 1. The molecule has 0 atom stereocenters. The van der Waals surface area contributed by atoms with Gasteiger partial charge < -0.3 is 0 Å². The Bertz CT molecular complexity index is 374. The van der Waals surface area contributed by atoms with Crippen molar-refractivity contribution in [2.75, 3.05) is 0 Å². The summed E-state index contributed by atoms with van der Waals surface area (Å²) in [7, 11) is 0. The van der Waals surface area contributed by atoms with E-state index in [1.165, 1.54) is 12.1 Å². The Morgan fingerprint density at radius 3 is 2.29 bits per heavy atom. The average molecular weight is 187 g/mol. The summed E-state index contributed by atoms with van der Waals surface area (Å²) < 4.78 is 12.6. The van der Waals surface area contributed by atoms with Crippen molar-refractivity contribution in [3.05, 3.63) is 54.0 Å². The molecule has 0 fully saturated rings. The van der Waals surface area contributed by atoms with Crippen LogP contribution < -0.4 is 0 Å². The fourth-order valence-corrected chi connectivity index (χ4v) is 1.26. The summed E-state index contributed by atoms with van der Waals surface area (Å²) in [4.78, 5) is 4.26. The molecule has 14 heavy (non-hydrogen) atoms. The van der Waals surface area contributed by atoms with Gasteiger partial charge in [-0.1, -0.05) is 6.07 Å². The number of halogens is 1. The molecule has 1 aromatic carbocycles. The maximum absolute atomic E-state index is 12.6. The molecule has 0 saturated carbocycles. The first kappa shape index (κ1) is 8.88. The SMILES string of the molecule is Cc1ccc(-c2ccc(F)cc2)nc1. The predicted molar refractivity (Wildman–Crippen MR) is 54.4 cm³/mol. The van der Waals surface area contributed by atoms with E-state index in [-0.39, 0.29) is 5.82 Å². The molecule has 2 aromatic rings. The van der Waals surface area contributed by atoms with Gasteiger partial charge in [-0.05, 0) is 42.8 Å². The fourth-order valence-electron chi connectivity index (χ4n) is 1.26. The average Bonchev–Trinajstić information content (AvgIpc) is 2.21. The summed E-state index contributed by atoms with van der Waals surface area (Å²) in [6.07, 6.45) is 1.80. The Hall–Kier alpha value is -1.70. The Kier molecular flexibility index (Phi) is 2.27. The van der Waals surface area contributed by atoms with Crippen LogP contribution in [-0.2, 0) is 0 Å². The molecule has 0 amide bonds. The van der Waals surface area contributed by atoms with Gasteiger partial charge in [0.25, 0.3) is 0 Å². The predicted octanol–water partition coefficient (Wildman–Crippen LogP) is 3.20. The fraction of sp³-hybridized carbons (Fsp3) is 0.0833. The van der Waals surface area contributed by atoms with Gasteiger partial charge in [0, 0.05) is 11.8 Å². The van der Waals surface area contributed by atoms with Crippen molar-refractivity contribution in [2.24, 2.45) is 0 Å². The molecule has 0 N–H and O–H groups in total. The van der Waals surface area contributed by atoms with E-state index in [0.717, 1.165) is 16.8 Å². The van der Waals surface area contributed by atoms with Crippen molar-refractivity contribution in [3.63, 3.8) is 0 Å². The zero-order valence-corrected chi connectivity index (χ0v) is 7.87. The molecule has 0 spiro atoms. The second-order valence-corrected chi connectivity index (χ2v) is 3.23. The molecule has 70 valence electrons. The maximum atomic E-state index is 12.6. The monoisotopic (exact) mass is 187 g/mol. The van der Waals surface area contributed by atoms with Gasteiger partial charge in [-0.2, -0.15) is 0 Å². The van der Waals surface area contributed by atoms with Crippen molar-refractivity contribution in [2.45, 2.75) is 6.92 Å². The van der Waals surface area contributed by atoms with E-state index >= 15 is 0 Å². The Morgan fingerprint density at radius 2 is 1.71 bits per heavy atom. The molecule has 0 aliphatic rings. The first-order chi connectivity index (χ1) is 6.75. The largest absolute Gasteiger partial charge is 0.256 e.